The first-order valence-corrected chi connectivity index (χ1v) is 11.0. The van der Waals surface area contributed by atoms with Gasteiger partial charge < -0.3 is 10.6 Å². The molecule has 1 aliphatic carbocycles. The quantitative estimate of drug-likeness (QED) is 0.708. The van der Waals surface area contributed by atoms with E-state index in [9.17, 15) is 8.42 Å². The summed E-state index contributed by atoms with van der Waals surface area (Å²) < 4.78 is 28.4. The van der Waals surface area contributed by atoms with E-state index in [4.69, 9.17) is 0 Å². The average molecular weight is 442 g/mol. The summed E-state index contributed by atoms with van der Waals surface area (Å²) in [7, 11) is -3.26. The van der Waals surface area contributed by atoms with Crippen molar-refractivity contribution in [2.75, 3.05) is 33.8 Å². The van der Waals surface area contributed by atoms with Gasteiger partial charge in [0.2, 0.25) is 16.0 Å². The Bertz CT molecular complexity index is 926. The van der Waals surface area contributed by atoms with Gasteiger partial charge in [0, 0.05) is 25.4 Å². The predicted molar refractivity (Wildman–Crippen MR) is 103 cm³/mol. The number of halogens is 1. The molecule has 1 saturated heterocycles. The molecule has 0 amide bonds. The van der Waals surface area contributed by atoms with E-state index >= 15 is 0 Å². The van der Waals surface area contributed by atoms with Gasteiger partial charge in [-0.15, -0.1) is 0 Å². The molecule has 26 heavy (non-hydrogen) atoms. The van der Waals surface area contributed by atoms with Crippen LogP contribution < -0.4 is 14.9 Å². The summed E-state index contributed by atoms with van der Waals surface area (Å²) in [4.78, 5) is 8.75. The topological polar surface area (TPSA) is 105 Å². The third kappa shape index (κ3) is 3.37. The molecule has 0 bridgehead atoms. The second-order valence-electron chi connectivity index (χ2n) is 6.35. The van der Waals surface area contributed by atoms with Crippen molar-refractivity contribution in [1.29, 1.82) is 0 Å². The van der Waals surface area contributed by atoms with Crippen molar-refractivity contribution in [2.45, 2.75) is 32.2 Å². The summed E-state index contributed by atoms with van der Waals surface area (Å²) >= 11 is 3.42. The lowest BCUT2D eigenvalue weighted by molar-refractivity contribution is 0.597. The molecule has 2 aromatic rings. The van der Waals surface area contributed by atoms with Gasteiger partial charge in [0.15, 0.2) is 5.82 Å². The lowest BCUT2D eigenvalue weighted by Crippen LogP contribution is -2.25. The molecule has 9 nitrogen and oxygen atoms in total. The minimum Gasteiger partial charge on any atom is -0.369 e. The molecule has 1 aliphatic heterocycles. The molecule has 2 N–H and O–H groups in total. The zero-order chi connectivity index (χ0) is 18.3. The molecule has 2 aliphatic rings. The SMILES string of the molecule is CCNc1nc(Nc2cc(N3CCCS3(=O)=O)nn2C2CC2)ncc1Br. The Morgan fingerprint density at radius 2 is 2.19 bits per heavy atom. The molecule has 3 heterocycles. The largest absolute Gasteiger partial charge is 0.369 e. The summed E-state index contributed by atoms with van der Waals surface area (Å²) in [5, 5.41) is 10.9. The van der Waals surface area contributed by atoms with Crippen molar-refractivity contribution in [3.05, 3.63) is 16.7 Å². The second kappa shape index (κ2) is 6.69. The Morgan fingerprint density at radius 3 is 2.85 bits per heavy atom. The van der Waals surface area contributed by atoms with E-state index in [0.29, 0.717) is 42.4 Å². The van der Waals surface area contributed by atoms with E-state index in [1.165, 1.54) is 4.31 Å². The van der Waals surface area contributed by atoms with Crippen LogP contribution in [0.15, 0.2) is 16.7 Å². The third-order valence-corrected chi connectivity index (χ3v) is 6.72. The number of aromatic nitrogens is 4. The van der Waals surface area contributed by atoms with Crippen LogP contribution >= 0.6 is 15.9 Å². The maximum atomic E-state index is 12.2. The fourth-order valence-electron chi connectivity index (χ4n) is 2.92. The standard InChI is InChI=1S/C15H20BrN7O2S/c1-2-17-14-11(16)9-18-15(20-14)19-12-8-13(21-23(12)10-4-5-10)22-6-3-7-26(22,24)25/h8-10H,2-7H2,1H3,(H2,17,18,19,20). The van der Waals surface area contributed by atoms with Gasteiger partial charge in [-0.1, -0.05) is 0 Å². The summed E-state index contributed by atoms with van der Waals surface area (Å²) in [6, 6.07) is 2.06. The molecule has 4 rings (SSSR count). The van der Waals surface area contributed by atoms with Crippen molar-refractivity contribution < 1.29 is 8.42 Å². The zero-order valence-corrected chi connectivity index (χ0v) is 16.7. The number of anilines is 4. The number of sulfonamides is 1. The van der Waals surface area contributed by atoms with Crippen molar-refractivity contribution in [2.24, 2.45) is 0 Å². The van der Waals surface area contributed by atoms with Crippen LogP contribution in [0.4, 0.5) is 23.4 Å². The van der Waals surface area contributed by atoms with Crippen LogP contribution in [0.25, 0.3) is 0 Å². The number of hydrogen-bond acceptors (Lipinski definition) is 7. The molecular formula is C15H20BrN7O2S. The van der Waals surface area contributed by atoms with Gasteiger partial charge in [-0.2, -0.15) is 10.1 Å². The van der Waals surface area contributed by atoms with Crippen LogP contribution in [-0.2, 0) is 10.0 Å². The van der Waals surface area contributed by atoms with Gasteiger partial charge in [0.25, 0.3) is 0 Å². The molecule has 11 heteroatoms. The van der Waals surface area contributed by atoms with Gasteiger partial charge in [0.05, 0.1) is 16.3 Å². The molecule has 2 aromatic heterocycles. The number of hydrogen-bond donors (Lipinski definition) is 2. The molecular weight excluding hydrogens is 422 g/mol. The van der Waals surface area contributed by atoms with Crippen molar-refractivity contribution in [3.8, 4) is 0 Å². The van der Waals surface area contributed by atoms with Crippen LogP contribution in [0.3, 0.4) is 0 Å². The minimum atomic E-state index is -3.26. The first-order valence-electron chi connectivity index (χ1n) is 8.61. The molecule has 140 valence electrons. The average Bonchev–Trinajstić information content (AvgIpc) is 3.26. The Labute approximate surface area is 160 Å². The monoisotopic (exact) mass is 441 g/mol. The normalized spacial score (nSPS) is 18.9. The number of nitrogens with one attached hydrogen (secondary N) is 2. The maximum absolute atomic E-state index is 12.2. The Hall–Kier alpha value is -1.88. The Balaban J connectivity index is 1.65. The minimum absolute atomic E-state index is 0.175. The molecule has 0 radical (unpaired) electrons. The summed E-state index contributed by atoms with van der Waals surface area (Å²) in [6.07, 6.45) is 4.37. The highest BCUT2D eigenvalue weighted by Gasteiger charge is 2.34. The summed E-state index contributed by atoms with van der Waals surface area (Å²) in [5.41, 5.74) is 0. The van der Waals surface area contributed by atoms with Gasteiger partial charge in [-0.05, 0) is 42.1 Å². The van der Waals surface area contributed by atoms with E-state index in [1.807, 2.05) is 11.6 Å². The molecule has 0 unspecified atom stereocenters. The highest BCUT2D eigenvalue weighted by molar-refractivity contribution is 9.10. The van der Waals surface area contributed by atoms with E-state index in [-0.39, 0.29) is 5.75 Å². The van der Waals surface area contributed by atoms with Crippen LogP contribution in [0.2, 0.25) is 0 Å². The highest BCUT2D eigenvalue weighted by atomic mass is 79.9. The van der Waals surface area contributed by atoms with Crippen molar-refractivity contribution in [3.63, 3.8) is 0 Å². The van der Waals surface area contributed by atoms with Crippen LogP contribution in [0.5, 0.6) is 0 Å². The first-order chi connectivity index (χ1) is 12.5. The molecule has 0 spiro atoms. The molecule has 2 fully saturated rings. The Kier molecular flexibility index (Phi) is 4.51. The fraction of sp³-hybridized carbons (Fsp3) is 0.533. The van der Waals surface area contributed by atoms with Crippen molar-refractivity contribution >= 4 is 49.4 Å². The van der Waals surface area contributed by atoms with Gasteiger partial charge in [-0.25, -0.2) is 18.1 Å². The van der Waals surface area contributed by atoms with E-state index < -0.39 is 10.0 Å². The summed E-state index contributed by atoms with van der Waals surface area (Å²) in [5.74, 6) is 2.47. The van der Waals surface area contributed by atoms with E-state index in [2.05, 4.69) is 41.6 Å². The molecule has 0 atom stereocenters. The lowest BCUT2D eigenvalue weighted by atomic mass is 10.4. The fourth-order valence-corrected chi connectivity index (χ4v) is 4.75. The predicted octanol–water partition coefficient (Wildman–Crippen LogP) is 2.49. The van der Waals surface area contributed by atoms with Gasteiger partial charge in [0.1, 0.15) is 11.6 Å². The van der Waals surface area contributed by atoms with Gasteiger partial charge in [-0.3, -0.25) is 4.31 Å². The van der Waals surface area contributed by atoms with E-state index in [0.717, 1.165) is 23.9 Å². The number of rotatable bonds is 6. The van der Waals surface area contributed by atoms with Gasteiger partial charge >= 0.3 is 0 Å². The lowest BCUT2D eigenvalue weighted by Gasteiger charge is -2.12. The first kappa shape index (κ1) is 17.5. The number of nitrogens with zero attached hydrogens (tertiary/aromatic N) is 5. The Morgan fingerprint density at radius 1 is 1.38 bits per heavy atom. The molecule has 0 aromatic carbocycles. The van der Waals surface area contributed by atoms with Crippen LogP contribution in [-0.4, -0.2) is 47.0 Å². The van der Waals surface area contributed by atoms with Crippen LogP contribution in [0, 0.1) is 0 Å². The third-order valence-electron chi connectivity index (χ3n) is 4.30. The summed E-state index contributed by atoms with van der Waals surface area (Å²) in [6.45, 7) is 3.21. The molecule has 1 saturated carbocycles. The van der Waals surface area contributed by atoms with E-state index in [1.54, 1.807) is 12.3 Å². The van der Waals surface area contributed by atoms with Crippen molar-refractivity contribution in [1.82, 2.24) is 19.7 Å². The zero-order valence-electron chi connectivity index (χ0n) is 14.3. The highest BCUT2D eigenvalue weighted by Crippen LogP contribution is 2.39. The second-order valence-corrected chi connectivity index (χ2v) is 9.22. The maximum Gasteiger partial charge on any atom is 0.236 e. The smallest absolute Gasteiger partial charge is 0.236 e. The van der Waals surface area contributed by atoms with Crippen LogP contribution in [0.1, 0.15) is 32.2 Å².